The molecule has 1 N–H and O–H groups in total. The van der Waals surface area contributed by atoms with Gasteiger partial charge < -0.3 is 10.1 Å². The van der Waals surface area contributed by atoms with Crippen LogP contribution in [0.4, 0.5) is 9.18 Å². The standard InChI is InChI=1S/C11H21FN2O2/c1-11(2,3)14(9-4-6-13-8-9)10(15)16-7-5-12/h9,13H,4-8H2,1-3H3/t9-/m0/s1. The molecule has 0 spiro atoms. The lowest BCUT2D eigenvalue weighted by atomic mass is 10.0. The van der Waals surface area contributed by atoms with Gasteiger partial charge in [0.2, 0.25) is 0 Å². The summed E-state index contributed by atoms with van der Waals surface area (Å²) >= 11 is 0. The van der Waals surface area contributed by atoms with Crippen LogP contribution in [0.25, 0.3) is 0 Å². The van der Waals surface area contributed by atoms with Crippen LogP contribution in [0.3, 0.4) is 0 Å². The normalized spacial score (nSPS) is 20.9. The molecule has 1 aliphatic heterocycles. The molecule has 0 saturated carbocycles. The molecule has 0 bridgehead atoms. The largest absolute Gasteiger partial charge is 0.447 e. The number of carbonyl (C=O) groups is 1. The number of ether oxygens (including phenoxy) is 1. The third-order valence-corrected chi connectivity index (χ3v) is 2.62. The predicted octanol–water partition coefficient (Wildman–Crippen LogP) is 1.55. The zero-order valence-electron chi connectivity index (χ0n) is 10.3. The Morgan fingerprint density at radius 2 is 2.25 bits per heavy atom. The number of amides is 1. The number of nitrogens with zero attached hydrogens (tertiary/aromatic N) is 1. The van der Waals surface area contributed by atoms with Crippen molar-refractivity contribution < 1.29 is 13.9 Å². The summed E-state index contributed by atoms with van der Waals surface area (Å²) in [7, 11) is 0. The summed E-state index contributed by atoms with van der Waals surface area (Å²) in [6.45, 7) is 6.78. The van der Waals surface area contributed by atoms with E-state index in [4.69, 9.17) is 4.74 Å². The topological polar surface area (TPSA) is 41.6 Å². The third kappa shape index (κ3) is 3.33. The Labute approximate surface area is 96.1 Å². The Bertz CT molecular complexity index is 235. The Morgan fingerprint density at radius 1 is 1.56 bits per heavy atom. The molecule has 1 heterocycles. The quantitative estimate of drug-likeness (QED) is 0.802. The van der Waals surface area contributed by atoms with Crippen molar-refractivity contribution in [1.82, 2.24) is 10.2 Å². The van der Waals surface area contributed by atoms with Crippen LogP contribution >= 0.6 is 0 Å². The second-order valence-electron chi connectivity index (χ2n) is 4.99. The SMILES string of the molecule is CC(C)(C)N(C(=O)OCCF)[C@H]1CCNC1. The molecule has 1 rings (SSSR count). The van der Waals surface area contributed by atoms with Crippen molar-refractivity contribution in [1.29, 1.82) is 0 Å². The molecular weight excluding hydrogens is 211 g/mol. The summed E-state index contributed by atoms with van der Waals surface area (Å²) in [6, 6.07) is 0.145. The van der Waals surface area contributed by atoms with Crippen molar-refractivity contribution in [2.75, 3.05) is 26.4 Å². The molecule has 1 atom stereocenters. The molecule has 0 aliphatic carbocycles. The van der Waals surface area contributed by atoms with Crippen molar-refractivity contribution in [3.05, 3.63) is 0 Å². The number of nitrogens with one attached hydrogen (secondary N) is 1. The van der Waals surface area contributed by atoms with E-state index in [0.717, 1.165) is 19.5 Å². The first kappa shape index (κ1) is 13.2. The van der Waals surface area contributed by atoms with E-state index in [1.54, 1.807) is 4.90 Å². The zero-order valence-corrected chi connectivity index (χ0v) is 10.3. The van der Waals surface area contributed by atoms with Crippen molar-refractivity contribution in [2.24, 2.45) is 0 Å². The van der Waals surface area contributed by atoms with Crippen LogP contribution in [0.15, 0.2) is 0 Å². The van der Waals surface area contributed by atoms with Gasteiger partial charge in [0, 0.05) is 18.1 Å². The maximum Gasteiger partial charge on any atom is 0.410 e. The van der Waals surface area contributed by atoms with E-state index in [2.05, 4.69) is 5.32 Å². The van der Waals surface area contributed by atoms with E-state index in [1.807, 2.05) is 20.8 Å². The summed E-state index contributed by atoms with van der Waals surface area (Å²) in [5.41, 5.74) is -0.302. The van der Waals surface area contributed by atoms with Crippen LogP contribution in [0.1, 0.15) is 27.2 Å². The summed E-state index contributed by atoms with van der Waals surface area (Å²) in [6.07, 6.45) is 0.501. The molecule has 0 aromatic carbocycles. The van der Waals surface area contributed by atoms with Gasteiger partial charge in [-0.05, 0) is 33.7 Å². The summed E-state index contributed by atoms with van der Waals surface area (Å²) in [5.74, 6) is 0. The number of carbonyl (C=O) groups excluding carboxylic acids is 1. The van der Waals surface area contributed by atoms with Gasteiger partial charge in [0.15, 0.2) is 0 Å². The molecule has 5 heteroatoms. The van der Waals surface area contributed by atoms with Crippen LogP contribution in [-0.4, -0.2) is 48.9 Å². The van der Waals surface area contributed by atoms with Crippen LogP contribution in [-0.2, 0) is 4.74 Å². The lowest BCUT2D eigenvalue weighted by Gasteiger charge is -2.38. The van der Waals surface area contributed by atoms with Gasteiger partial charge in [0.1, 0.15) is 13.3 Å². The van der Waals surface area contributed by atoms with Gasteiger partial charge in [-0.3, -0.25) is 4.90 Å². The fraction of sp³-hybridized carbons (Fsp3) is 0.909. The highest BCUT2D eigenvalue weighted by atomic mass is 19.1. The molecule has 16 heavy (non-hydrogen) atoms. The summed E-state index contributed by atoms with van der Waals surface area (Å²) in [5, 5.41) is 3.21. The predicted molar refractivity (Wildman–Crippen MR) is 60.2 cm³/mol. The second-order valence-corrected chi connectivity index (χ2v) is 4.99. The van der Waals surface area contributed by atoms with E-state index < -0.39 is 12.8 Å². The third-order valence-electron chi connectivity index (χ3n) is 2.62. The summed E-state index contributed by atoms with van der Waals surface area (Å²) < 4.78 is 16.9. The minimum atomic E-state index is -0.632. The summed E-state index contributed by atoms with van der Waals surface area (Å²) in [4.78, 5) is 13.6. The van der Waals surface area contributed by atoms with Gasteiger partial charge in [0.25, 0.3) is 0 Å². The van der Waals surface area contributed by atoms with Crippen molar-refractivity contribution in [3.8, 4) is 0 Å². The number of rotatable bonds is 3. The van der Waals surface area contributed by atoms with E-state index in [1.165, 1.54) is 0 Å². The fourth-order valence-electron chi connectivity index (χ4n) is 2.03. The minimum Gasteiger partial charge on any atom is -0.447 e. The van der Waals surface area contributed by atoms with Crippen LogP contribution < -0.4 is 5.32 Å². The van der Waals surface area contributed by atoms with E-state index in [-0.39, 0.29) is 18.2 Å². The Balaban J connectivity index is 2.66. The van der Waals surface area contributed by atoms with Gasteiger partial charge in [-0.1, -0.05) is 0 Å². The highest BCUT2D eigenvalue weighted by Crippen LogP contribution is 2.21. The lowest BCUT2D eigenvalue weighted by molar-refractivity contribution is 0.0451. The first-order chi connectivity index (χ1) is 7.46. The first-order valence-corrected chi connectivity index (χ1v) is 5.69. The molecule has 94 valence electrons. The molecule has 1 fully saturated rings. The zero-order chi connectivity index (χ0) is 12.2. The van der Waals surface area contributed by atoms with Crippen molar-refractivity contribution in [3.63, 3.8) is 0 Å². The molecular formula is C11H21FN2O2. The van der Waals surface area contributed by atoms with Gasteiger partial charge in [0.05, 0.1) is 0 Å². The Kier molecular flexibility index (Phi) is 4.53. The smallest absolute Gasteiger partial charge is 0.410 e. The van der Waals surface area contributed by atoms with E-state index in [9.17, 15) is 9.18 Å². The van der Waals surface area contributed by atoms with E-state index in [0.29, 0.717) is 0 Å². The Hall–Kier alpha value is -0.840. The molecule has 4 nitrogen and oxygen atoms in total. The van der Waals surface area contributed by atoms with Gasteiger partial charge in [-0.15, -0.1) is 0 Å². The highest BCUT2D eigenvalue weighted by molar-refractivity contribution is 5.69. The van der Waals surface area contributed by atoms with E-state index >= 15 is 0 Å². The molecule has 1 aliphatic rings. The number of hydrogen-bond acceptors (Lipinski definition) is 3. The van der Waals surface area contributed by atoms with Crippen LogP contribution in [0.5, 0.6) is 0 Å². The van der Waals surface area contributed by atoms with Crippen molar-refractivity contribution in [2.45, 2.75) is 38.8 Å². The minimum absolute atomic E-state index is 0.145. The van der Waals surface area contributed by atoms with Gasteiger partial charge in [-0.2, -0.15) is 0 Å². The molecule has 0 aromatic heterocycles. The molecule has 1 amide bonds. The van der Waals surface area contributed by atoms with Crippen molar-refractivity contribution >= 4 is 6.09 Å². The van der Waals surface area contributed by atoms with Crippen LogP contribution in [0, 0.1) is 0 Å². The van der Waals surface area contributed by atoms with Crippen LogP contribution in [0.2, 0.25) is 0 Å². The second kappa shape index (κ2) is 5.48. The molecule has 0 aromatic rings. The maximum absolute atomic E-state index is 12.0. The average molecular weight is 232 g/mol. The number of alkyl halides is 1. The highest BCUT2D eigenvalue weighted by Gasteiger charge is 2.35. The van der Waals surface area contributed by atoms with Gasteiger partial charge >= 0.3 is 6.09 Å². The number of halogens is 1. The first-order valence-electron chi connectivity index (χ1n) is 5.69. The monoisotopic (exact) mass is 232 g/mol. The molecule has 1 saturated heterocycles. The maximum atomic E-state index is 12.0. The Morgan fingerprint density at radius 3 is 2.69 bits per heavy atom. The molecule has 0 radical (unpaired) electrons. The fourth-order valence-corrected chi connectivity index (χ4v) is 2.03. The average Bonchev–Trinajstić information content (AvgIpc) is 2.65. The van der Waals surface area contributed by atoms with Gasteiger partial charge in [-0.25, -0.2) is 9.18 Å². The molecule has 0 unspecified atom stereocenters. The number of hydrogen-bond donors (Lipinski definition) is 1. The lowest BCUT2D eigenvalue weighted by Crippen LogP contribution is -2.52.